The molecule has 1 aliphatic heterocycles. The Morgan fingerprint density at radius 1 is 1.59 bits per heavy atom. The molecule has 1 aliphatic rings. The number of hydrogen-bond donors (Lipinski definition) is 3. The van der Waals surface area contributed by atoms with E-state index in [1.807, 2.05) is 0 Å². The van der Waals surface area contributed by atoms with E-state index < -0.39 is 11.7 Å². The van der Waals surface area contributed by atoms with Crippen molar-refractivity contribution in [1.29, 1.82) is 0 Å². The normalized spacial score (nSPS) is 19.2. The highest BCUT2D eigenvalue weighted by atomic mass is 19.1. The van der Waals surface area contributed by atoms with Crippen LogP contribution in [0, 0.1) is 5.82 Å². The molecular weight excluding hydrogens is 221 g/mol. The summed E-state index contributed by atoms with van der Waals surface area (Å²) >= 11 is 0. The van der Waals surface area contributed by atoms with Crippen molar-refractivity contribution >= 4 is 11.6 Å². The second-order valence-electron chi connectivity index (χ2n) is 4.23. The molecule has 0 spiro atoms. The Bertz CT molecular complexity index is 416. The molecule has 1 fully saturated rings. The number of anilines is 1. The van der Waals surface area contributed by atoms with Crippen molar-refractivity contribution in [1.82, 2.24) is 5.32 Å². The summed E-state index contributed by atoms with van der Waals surface area (Å²) in [4.78, 5) is 11.0. The van der Waals surface area contributed by atoms with Crippen LogP contribution in [0.3, 0.4) is 0 Å². The zero-order valence-electron chi connectivity index (χ0n) is 9.50. The minimum atomic E-state index is -0.745. The fourth-order valence-corrected chi connectivity index (χ4v) is 2.00. The average Bonchev–Trinajstić information content (AvgIpc) is 2.80. The first kappa shape index (κ1) is 11.9. The second kappa shape index (κ2) is 5.14. The lowest BCUT2D eigenvalue weighted by atomic mass is 10.1. The lowest BCUT2D eigenvalue weighted by Crippen LogP contribution is -2.29. The van der Waals surface area contributed by atoms with Gasteiger partial charge in [0.1, 0.15) is 5.82 Å². The number of amides is 1. The van der Waals surface area contributed by atoms with Gasteiger partial charge in [0.05, 0.1) is 5.56 Å². The van der Waals surface area contributed by atoms with E-state index in [1.165, 1.54) is 18.6 Å². The first-order chi connectivity index (χ1) is 8.16. The Kier molecular flexibility index (Phi) is 3.58. The van der Waals surface area contributed by atoms with Gasteiger partial charge in [0, 0.05) is 18.3 Å². The molecule has 2 rings (SSSR count). The van der Waals surface area contributed by atoms with Gasteiger partial charge in [0.25, 0.3) is 5.91 Å². The zero-order chi connectivity index (χ0) is 12.3. The van der Waals surface area contributed by atoms with Gasteiger partial charge in [-0.05, 0) is 37.6 Å². The van der Waals surface area contributed by atoms with Crippen molar-refractivity contribution in [2.24, 2.45) is 5.73 Å². The molecule has 0 radical (unpaired) electrons. The maximum absolute atomic E-state index is 13.2. The first-order valence-electron chi connectivity index (χ1n) is 5.73. The van der Waals surface area contributed by atoms with Crippen molar-refractivity contribution in [3.63, 3.8) is 0 Å². The van der Waals surface area contributed by atoms with Crippen LogP contribution >= 0.6 is 0 Å². The molecule has 1 atom stereocenters. The Balaban J connectivity index is 2.00. The van der Waals surface area contributed by atoms with Gasteiger partial charge in [0.15, 0.2) is 0 Å². The molecule has 1 amide bonds. The number of carbonyl (C=O) groups is 1. The Hall–Kier alpha value is -1.62. The summed E-state index contributed by atoms with van der Waals surface area (Å²) < 4.78 is 13.2. The summed E-state index contributed by atoms with van der Waals surface area (Å²) in [5.41, 5.74) is 5.72. The standard InChI is InChI=1S/C12H16FN3O/c13-11-4-3-8(6-10(11)12(14)17)16-7-9-2-1-5-15-9/h3-4,6,9,15-16H,1-2,5,7H2,(H2,14,17). The van der Waals surface area contributed by atoms with Crippen LogP contribution in [0.2, 0.25) is 0 Å². The fraction of sp³-hybridized carbons (Fsp3) is 0.417. The lowest BCUT2D eigenvalue weighted by Gasteiger charge is -2.13. The van der Waals surface area contributed by atoms with Gasteiger partial charge < -0.3 is 16.4 Å². The van der Waals surface area contributed by atoms with Crippen LogP contribution in [0.25, 0.3) is 0 Å². The van der Waals surface area contributed by atoms with E-state index in [9.17, 15) is 9.18 Å². The summed E-state index contributed by atoms with van der Waals surface area (Å²) in [6, 6.07) is 4.76. The maximum Gasteiger partial charge on any atom is 0.251 e. The number of benzene rings is 1. The average molecular weight is 237 g/mol. The fourth-order valence-electron chi connectivity index (χ4n) is 2.00. The molecule has 4 N–H and O–H groups in total. The third-order valence-corrected chi connectivity index (χ3v) is 2.95. The number of hydrogen-bond acceptors (Lipinski definition) is 3. The quantitative estimate of drug-likeness (QED) is 0.734. The molecule has 1 unspecified atom stereocenters. The van der Waals surface area contributed by atoms with Crippen molar-refractivity contribution in [2.75, 3.05) is 18.4 Å². The van der Waals surface area contributed by atoms with E-state index in [0.717, 1.165) is 19.5 Å². The predicted molar refractivity (Wildman–Crippen MR) is 64.4 cm³/mol. The molecule has 1 saturated heterocycles. The minimum Gasteiger partial charge on any atom is -0.383 e. The monoisotopic (exact) mass is 237 g/mol. The molecule has 92 valence electrons. The van der Waals surface area contributed by atoms with Crippen LogP contribution in [-0.4, -0.2) is 25.0 Å². The highest BCUT2D eigenvalue weighted by molar-refractivity contribution is 5.94. The number of nitrogens with one attached hydrogen (secondary N) is 2. The summed E-state index contributed by atoms with van der Waals surface area (Å²) in [5, 5.41) is 6.52. The maximum atomic E-state index is 13.2. The van der Waals surface area contributed by atoms with Crippen LogP contribution in [0.1, 0.15) is 23.2 Å². The third kappa shape index (κ3) is 2.94. The van der Waals surface area contributed by atoms with Crippen molar-refractivity contribution in [3.05, 3.63) is 29.6 Å². The highest BCUT2D eigenvalue weighted by Crippen LogP contribution is 2.15. The SMILES string of the molecule is NC(=O)c1cc(NCC2CCCN2)ccc1F. The number of primary amides is 1. The molecule has 0 aliphatic carbocycles. The molecular formula is C12H16FN3O. The van der Waals surface area contributed by atoms with Crippen molar-refractivity contribution in [3.8, 4) is 0 Å². The van der Waals surface area contributed by atoms with E-state index in [0.29, 0.717) is 11.7 Å². The molecule has 1 heterocycles. The first-order valence-corrected chi connectivity index (χ1v) is 5.73. The zero-order valence-corrected chi connectivity index (χ0v) is 9.50. The summed E-state index contributed by atoms with van der Waals surface area (Å²) in [6.45, 7) is 1.81. The van der Waals surface area contributed by atoms with Gasteiger partial charge in [0.2, 0.25) is 0 Å². The van der Waals surface area contributed by atoms with Gasteiger partial charge >= 0.3 is 0 Å². The largest absolute Gasteiger partial charge is 0.383 e. The molecule has 1 aromatic carbocycles. The summed E-state index contributed by atoms with van der Waals surface area (Å²) in [6.07, 6.45) is 2.32. The van der Waals surface area contributed by atoms with Gasteiger partial charge in [-0.3, -0.25) is 4.79 Å². The molecule has 0 saturated carbocycles. The Morgan fingerprint density at radius 3 is 3.06 bits per heavy atom. The van der Waals surface area contributed by atoms with Gasteiger partial charge in [-0.15, -0.1) is 0 Å². The van der Waals surface area contributed by atoms with Crippen molar-refractivity contribution < 1.29 is 9.18 Å². The number of nitrogens with two attached hydrogens (primary N) is 1. The van der Waals surface area contributed by atoms with Gasteiger partial charge in [-0.1, -0.05) is 0 Å². The topological polar surface area (TPSA) is 67.2 Å². The summed E-state index contributed by atoms with van der Waals surface area (Å²) in [5.74, 6) is -1.33. The second-order valence-corrected chi connectivity index (χ2v) is 4.23. The molecule has 17 heavy (non-hydrogen) atoms. The summed E-state index contributed by atoms with van der Waals surface area (Å²) in [7, 11) is 0. The Labute approximate surface area is 99.4 Å². The highest BCUT2D eigenvalue weighted by Gasteiger charge is 2.14. The minimum absolute atomic E-state index is 0.0746. The molecule has 0 bridgehead atoms. The Morgan fingerprint density at radius 2 is 2.41 bits per heavy atom. The van der Waals surface area contributed by atoms with Crippen LogP contribution < -0.4 is 16.4 Å². The molecule has 5 heteroatoms. The molecule has 4 nitrogen and oxygen atoms in total. The number of halogens is 1. The van der Waals surface area contributed by atoms with E-state index in [1.54, 1.807) is 6.07 Å². The smallest absolute Gasteiger partial charge is 0.251 e. The van der Waals surface area contributed by atoms with Crippen LogP contribution in [-0.2, 0) is 0 Å². The molecule has 1 aromatic rings. The van der Waals surface area contributed by atoms with Crippen LogP contribution in [0.15, 0.2) is 18.2 Å². The van der Waals surface area contributed by atoms with Crippen LogP contribution in [0.5, 0.6) is 0 Å². The van der Waals surface area contributed by atoms with Crippen LogP contribution in [0.4, 0.5) is 10.1 Å². The predicted octanol–water partition coefficient (Wildman–Crippen LogP) is 1.09. The van der Waals surface area contributed by atoms with Gasteiger partial charge in [-0.2, -0.15) is 0 Å². The van der Waals surface area contributed by atoms with E-state index in [2.05, 4.69) is 10.6 Å². The van der Waals surface area contributed by atoms with E-state index in [4.69, 9.17) is 5.73 Å². The van der Waals surface area contributed by atoms with Gasteiger partial charge in [-0.25, -0.2) is 4.39 Å². The van der Waals surface area contributed by atoms with E-state index >= 15 is 0 Å². The number of carbonyl (C=O) groups excluding carboxylic acids is 1. The van der Waals surface area contributed by atoms with Crippen molar-refractivity contribution in [2.45, 2.75) is 18.9 Å². The van der Waals surface area contributed by atoms with E-state index in [-0.39, 0.29) is 5.56 Å². The number of rotatable bonds is 4. The third-order valence-electron chi connectivity index (χ3n) is 2.95. The molecule has 0 aromatic heterocycles. The lowest BCUT2D eigenvalue weighted by molar-refractivity contribution is 0.0996.